The van der Waals surface area contributed by atoms with Gasteiger partial charge in [0.25, 0.3) is 0 Å². The van der Waals surface area contributed by atoms with Crippen LogP contribution in [0.4, 0.5) is 4.39 Å². The highest BCUT2D eigenvalue weighted by Gasteiger charge is 2.04. The Morgan fingerprint density at radius 3 is 2.50 bits per heavy atom. The fourth-order valence-electron chi connectivity index (χ4n) is 1.93. The molecule has 20 heavy (non-hydrogen) atoms. The standard InChI is InChI=1S/C17H18BrFO/c1-2-3-4-13-5-9-16(10-6-13)20-12-14-7-8-15(18)11-17(14)19/h5-11H,2-4,12H2,1H3. The molecule has 2 aromatic rings. The van der Waals surface area contributed by atoms with E-state index in [9.17, 15) is 4.39 Å². The Morgan fingerprint density at radius 2 is 1.85 bits per heavy atom. The van der Waals surface area contributed by atoms with Crippen LogP contribution in [-0.4, -0.2) is 0 Å². The Labute approximate surface area is 127 Å². The molecule has 0 saturated heterocycles. The lowest BCUT2D eigenvalue weighted by Gasteiger charge is -2.08. The zero-order chi connectivity index (χ0) is 14.4. The summed E-state index contributed by atoms with van der Waals surface area (Å²) in [5.41, 5.74) is 1.87. The Kier molecular flexibility index (Phi) is 5.60. The van der Waals surface area contributed by atoms with Crippen LogP contribution in [0.25, 0.3) is 0 Å². The number of rotatable bonds is 6. The number of benzene rings is 2. The van der Waals surface area contributed by atoms with E-state index in [2.05, 4.69) is 35.0 Å². The SMILES string of the molecule is CCCCc1ccc(OCc2ccc(Br)cc2F)cc1. The average molecular weight is 337 g/mol. The molecule has 0 radical (unpaired) electrons. The van der Waals surface area contributed by atoms with E-state index in [1.165, 1.54) is 24.5 Å². The molecule has 0 saturated carbocycles. The summed E-state index contributed by atoms with van der Waals surface area (Å²) in [6, 6.07) is 13.0. The Morgan fingerprint density at radius 1 is 1.10 bits per heavy atom. The van der Waals surface area contributed by atoms with Crippen LogP contribution in [0.15, 0.2) is 46.9 Å². The molecular weight excluding hydrogens is 319 g/mol. The molecule has 3 heteroatoms. The van der Waals surface area contributed by atoms with Crippen LogP contribution in [0.5, 0.6) is 5.75 Å². The van der Waals surface area contributed by atoms with E-state index in [4.69, 9.17) is 4.74 Å². The van der Waals surface area contributed by atoms with Crippen LogP contribution in [0.3, 0.4) is 0 Å². The summed E-state index contributed by atoms with van der Waals surface area (Å²) in [5, 5.41) is 0. The van der Waals surface area contributed by atoms with E-state index in [0.717, 1.165) is 16.6 Å². The third-order valence-electron chi connectivity index (χ3n) is 3.15. The number of aryl methyl sites for hydroxylation is 1. The zero-order valence-electron chi connectivity index (χ0n) is 11.5. The van der Waals surface area contributed by atoms with Gasteiger partial charge in [-0.15, -0.1) is 0 Å². The molecule has 0 N–H and O–H groups in total. The van der Waals surface area contributed by atoms with Gasteiger partial charge in [0.05, 0.1) is 0 Å². The van der Waals surface area contributed by atoms with Crippen LogP contribution in [0.2, 0.25) is 0 Å². The minimum Gasteiger partial charge on any atom is -0.489 e. The van der Waals surface area contributed by atoms with Crippen LogP contribution in [-0.2, 0) is 13.0 Å². The number of unbranched alkanes of at least 4 members (excludes halogenated alkanes) is 1. The van der Waals surface area contributed by atoms with E-state index in [1.54, 1.807) is 6.07 Å². The van der Waals surface area contributed by atoms with Crippen LogP contribution >= 0.6 is 15.9 Å². The monoisotopic (exact) mass is 336 g/mol. The fourth-order valence-corrected chi connectivity index (χ4v) is 2.27. The van der Waals surface area contributed by atoms with E-state index in [-0.39, 0.29) is 12.4 Å². The molecule has 0 unspecified atom stereocenters. The molecule has 0 aliphatic heterocycles. The third kappa shape index (κ3) is 4.34. The van der Waals surface area contributed by atoms with Gasteiger partial charge in [0.2, 0.25) is 0 Å². The molecule has 0 atom stereocenters. The normalized spacial score (nSPS) is 10.6. The van der Waals surface area contributed by atoms with Crippen molar-refractivity contribution in [3.8, 4) is 5.75 Å². The van der Waals surface area contributed by atoms with E-state index >= 15 is 0 Å². The highest BCUT2D eigenvalue weighted by atomic mass is 79.9. The molecule has 0 aromatic heterocycles. The van der Waals surface area contributed by atoms with Crippen LogP contribution in [0.1, 0.15) is 30.9 Å². The van der Waals surface area contributed by atoms with Crippen molar-refractivity contribution in [3.63, 3.8) is 0 Å². The first-order valence-corrected chi connectivity index (χ1v) is 7.64. The van der Waals surface area contributed by atoms with E-state index < -0.39 is 0 Å². The Hall–Kier alpha value is -1.35. The number of hydrogen-bond acceptors (Lipinski definition) is 1. The summed E-state index contributed by atoms with van der Waals surface area (Å²) < 4.78 is 20.0. The summed E-state index contributed by atoms with van der Waals surface area (Å²) >= 11 is 3.24. The van der Waals surface area contributed by atoms with Gasteiger partial charge in [0, 0.05) is 10.0 Å². The number of ether oxygens (including phenoxy) is 1. The van der Waals surface area contributed by atoms with Crippen LogP contribution in [0, 0.1) is 5.82 Å². The lowest BCUT2D eigenvalue weighted by molar-refractivity contribution is 0.299. The first kappa shape index (κ1) is 15.0. The molecule has 2 aromatic carbocycles. The molecule has 1 nitrogen and oxygen atoms in total. The Balaban J connectivity index is 1.93. The molecule has 0 heterocycles. The summed E-state index contributed by atoms with van der Waals surface area (Å²) in [5.74, 6) is 0.520. The highest BCUT2D eigenvalue weighted by molar-refractivity contribution is 9.10. The van der Waals surface area contributed by atoms with Crippen molar-refractivity contribution in [2.24, 2.45) is 0 Å². The summed E-state index contributed by atoms with van der Waals surface area (Å²) in [6.45, 7) is 2.43. The minimum atomic E-state index is -0.251. The zero-order valence-corrected chi connectivity index (χ0v) is 13.1. The lowest BCUT2D eigenvalue weighted by Crippen LogP contribution is -1.98. The maximum absolute atomic E-state index is 13.6. The second-order valence-electron chi connectivity index (χ2n) is 4.77. The van der Waals surface area contributed by atoms with Gasteiger partial charge in [-0.3, -0.25) is 0 Å². The third-order valence-corrected chi connectivity index (χ3v) is 3.65. The van der Waals surface area contributed by atoms with Gasteiger partial charge in [-0.25, -0.2) is 4.39 Å². The van der Waals surface area contributed by atoms with Gasteiger partial charge >= 0.3 is 0 Å². The predicted octanol–water partition coefficient (Wildman–Crippen LogP) is 5.51. The molecule has 0 aliphatic carbocycles. The van der Waals surface area contributed by atoms with Crippen molar-refractivity contribution in [2.45, 2.75) is 32.8 Å². The van der Waals surface area contributed by atoms with Crippen molar-refractivity contribution in [2.75, 3.05) is 0 Å². The van der Waals surface area contributed by atoms with Gasteiger partial charge < -0.3 is 4.74 Å². The van der Waals surface area contributed by atoms with Gasteiger partial charge in [0.15, 0.2) is 0 Å². The van der Waals surface area contributed by atoms with Crippen LogP contribution < -0.4 is 4.74 Å². The van der Waals surface area contributed by atoms with Gasteiger partial charge in [0.1, 0.15) is 18.2 Å². The first-order chi connectivity index (χ1) is 9.69. The molecule has 0 amide bonds. The largest absolute Gasteiger partial charge is 0.489 e. The van der Waals surface area contributed by atoms with Crippen molar-refractivity contribution in [1.82, 2.24) is 0 Å². The van der Waals surface area contributed by atoms with Gasteiger partial charge in [-0.1, -0.05) is 47.5 Å². The molecule has 0 bridgehead atoms. The lowest BCUT2D eigenvalue weighted by atomic mass is 10.1. The van der Waals surface area contributed by atoms with Gasteiger partial charge in [-0.05, 0) is 42.7 Å². The fraction of sp³-hybridized carbons (Fsp3) is 0.294. The summed E-state index contributed by atoms with van der Waals surface area (Å²) in [6.07, 6.45) is 3.49. The van der Waals surface area contributed by atoms with E-state index in [1.807, 2.05) is 18.2 Å². The predicted molar refractivity (Wildman–Crippen MR) is 83.5 cm³/mol. The molecular formula is C17H18BrFO. The van der Waals surface area contributed by atoms with E-state index in [0.29, 0.717) is 5.56 Å². The smallest absolute Gasteiger partial charge is 0.130 e. The maximum Gasteiger partial charge on any atom is 0.130 e. The van der Waals surface area contributed by atoms with Crippen molar-refractivity contribution >= 4 is 15.9 Å². The average Bonchev–Trinajstić information content (AvgIpc) is 2.45. The second kappa shape index (κ2) is 7.44. The molecule has 2 rings (SSSR count). The molecule has 0 fully saturated rings. The topological polar surface area (TPSA) is 9.23 Å². The molecule has 0 aliphatic rings. The van der Waals surface area contributed by atoms with Crippen molar-refractivity contribution in [1.29, 1.82) is 0 Å². The number of hydrogen-bond donors (Lipinski definition) is 0. The summed E-state index contributed by atoms with van der Waals surface area (Å²) in [4.78, 5) is 0. The Bertz CT molecular complexity index is 551. The van der Waals surface area contributed by atoms with Crippen molar-refractivity contribution in [3.05, 3.63) is 63.9 Å². The summed E-state index contributed by atoms with van der Waals surface area (Å²) in [7, 11) is 0. The highest BCUT2D eigenvalue weighted by Crippen LogP contribution is 2.19. The van der Waals surface area contributed by atoms with Gasteiger partial charge in [-0.2, -0.15) is 0 Å². The second-order valence-corrected chi connectivity index (χ2v) is 5.69. The maximum atomic E-state index is 13.6. The first-order valence-electron chi connectivity index (χ1n) is 6.84. The quantitative estimate of drug-likeness (QED) is 0.675. The molecule has 0 spiro atoms. The number of halogens is 2. The van der Waals surface area contributed by atoms with Crippen molar-refractivity contribution < 1.29 is 9.13 Å². The minimum absolute atomic E-state index is 0.243. The molecule has 106 valence electrons.